The van der Waals surface area contributed by atoms with Crippen LogP contribution in [0.5, 0.6) is 0 Å². The largest absolute Gasteiger partial charge is 0.389 e. The first-order valence-corrected chi connectivity index (χ1v) is 13.5. The van der Waals surface area contributed by atoms with Crippen molar-refractivity contribution in [3.05, 3.63) is 83.2 Å². The van der Waals surface area contributed by atoms with E-state index in [1.54, 1.807) is 30.0 Å². The molecule has 0 saturated heterocycles. The molecule has 4 unspecified atom stereocenters. The molecular weight excluding hydrogens is 509 g/mol. The number of hydrogen-bond donors (Lipinski definition) is 3. The fraction of sp³-hybridized carbons (Fsp3) is 0.355. The van der Waals surface area contributed by atoms with E-state index in [0.717, 1.165) is 6.42 Å². The summed E-state index contributed by atoms with van der Waals surface area (Å²) in [6, 6.07) is 14.6. The summed E-state index contributed by atoms with van der Waals surface area (Å²) in [6.07, 6.45) is 0.785. The van der Waals surface area contributed by atoms with Crippen LogP contribution in [-0.4, -0.2) is 53.8 Å². The number of Topliss-reactive ketones (excluding diaryl/α,β-unsaturated/α-hetero) is 1. The zero-order valence-corrected chi connectivity index (χ0v) is 22.0. The van der Waals surface area contributed by atoms with E-state index in [0.29, 0.717) is 40.4 Å². The van der Waals surface area contributed by atoms with Crippen LogP contribution in [-0.2, 0) is 4.79 Å². The second-order valence-corrected chi connectivity index (χ2v) is 11.3. The average molecular weight is 538 g/mol. The predicted molar refractivity (Wildman–Crippen MR) is 146 cm³/mol. The minimum Gasteiger partial charge on any atom is -0.389 e. The van der Waals surface area contributed by atoms with Gasteiger partial charge in [-0.3, -0.25) is 4.79 Å². The van der Waals surface area contributed by atoms with Gasteiger partial charge >= 0.3 is 0 Å². The fourth-order valence-corrected chi connectivity index (χ4v) is 6.51. The number of ketones is 1. The van der Waals surface area contributed by atoms with Crippen molar-refractivity contribution in [1.82, 2.24) is 19.5 Å². The summed E-state index contributed by atoms with van der Waals surface area (Å²) in [5, 5.41) is 25.3. The minimum absolute atomic E-state index is 0.116. The van der Waals surface area contributed by atoms with E-state index < -0.39 is 23.7 Å². The Morgan fingerprint density at radius 2 is 1.95 bits per heavy atom. The number of aliphatic hydroxyl groups is 2. The normalized spacial score (nSPS) is 29.9. The molecule has 3 fully saturated rings. The van der Waals surface area contributed by atoms with Crippen LogP contribution in [0.1, 0.15) is 54.2 Å². The summed E-state index contributed by atoms with van der Waals surface area (Å²) in [5.74, 6) is 6.55. The molecule has 2 aromatic heterocycles. The fourth-order valence-electron chi connectivity index (χ4n) is 6.51. The van der Waals surface area contributed by atoms with Crippen LogP contribution in [0.3, 0.4) is 0 Å². The standard InChI is InChI=1S/C31H28FN5O3/c1-16-12-18(8-10-22(16)32)9-11-24-35-29(34-23-13-20(23)19-6-4-3-5-7-19)25-30(36-24)37(15-33-25)26-21-14-31(21,17(2)38)28(40)27(26)39/h3-8,10,12,15,20-21,23,26-28,39-40H,13-14H2,1-2H3,(H,34,35,36)/t20?,21?,23?,26-,27+,28?,31+/m1/s1. The molecule has 3 N–H and O–H groups in total. The number of hydrogen-bond acceptors (Lipinski definition) is 7. The monoisotopic (exact) mass is 537 g/mol. The number of carbonyl (C=O) groups is 1. The van der Waals surface area contributed by atoms with Gasteiger partial charge < -0.3 is 20.1 Å². The molecule has 0 amide bonds. The molecule has 2 heterocycles. The van der Waals surface area contributed by atoms with Crippen molar-refractivity contribution in [1.29, 1.82) is 0 Å². The molecule has 3 saturated carbocycles. The number of aryl methyl sites for hydroxylation is 1. The number of benzene rings is 2. The molecule has 0 radical (unpaired) electrons. The third-order valence-electron chi connectivity index (χ3n) is 8.89. The van der Waals surface area contributed by atoms with Crippen LogP contribution in [0.15, 0.2) is 54.9 Å². The summed E-state index contributed by atoms with van der Waals surface area (Å²) in [7, 11) is 0. The van der Waals surface area contributed by atoms with E-state index in [2.05, 4.69) is 34.3 Å². The van der Waals surface area contributed by atoms with Gasteiger partial charge in [0.25, 0.3) is 0 Å². The van der Waals surface area contributed by atoms with Gasteiger partial charge in [-0.15, -0.1) is 0 Å². The van der Waals surface area contributed by atoms with Gasteiger partial charge in [0.15, 0.2) is 17.0 Å². The summed E-state index contributed by atoms with van der Waals surface area (Å²) in [4.78, 5) is 26.4. The number of nitrogens with one attached hydrogen (secondary N) is 1. The highest BCUT2D eigenvalue weighted by molar-refractivity contribution is 5.88. The minimum atomic E-state index is -1.14. The first-order chi connectivity index (χ1) is 19.3. The third kappa shape index (κ3) is 3.82. The lowest BCUT2D eigenvalue weighted by Crippen LogP contribution is -2.36. The Morgan fingerprint density at radius 1 is 1.15 bits per heavy atom. The van der Waals surface area contributed by atoms with Crippen LogP contribution in [0.2, 0.25) is 0 Å². The first-order valence-electron chi connectivity index (χ1n) is 13.5. The molecule has 7 atom stereocenters. The highest BCUT2D eigenvalue weighted by Crippen LogP contribution is 2.68. The Bertz CT molecular complexity index is 1730. The number of nitrogens with zero attached hydrogens (tertiary/aromatic N) is 4. The van der Waals surface area contributed by atoms with Crippen LogP contribution in [0.4, 0.5) is 10.2 Å². The lowest BCUT2D eigenvalue weighted by Gasteiger charge is -2.23. The van der Waals surface area contributed by atoms with Crippen LogP contribution < -0.4 is 5.32 Å². The Labute approximate surface area is 230 Å². The van der Waals surface area contributed by atoms with Gasteiger partial charge in [0.2, 0.25) is 5.82 Å². The highest BCUT2D eigenvalue weighted by atomic mass is 19.1. The molecule has 202 valence electrons. The third-order valence-corrected chi connectivity index (χ3v) is 8.89. The van der Waals surface area contributed by atoms with Crippen molar-refractivity contribution in [3.63, 3.8) is 0 Å². The smallest absolute Gasteiger partial charge is 0.209 e. The maximum Gasteiger partial charge on any atom is 0.209 e. The number of carbonyl (C=O) groups excluding carboxylic acids is 1. The lowest BCUT2D eigenvalue weighted by molar-refractivity contribution is -0.128. The van der Waals surface area contributed by atoms with Gasteiger partial charge in [0.1, 0.15) is 17.7 Å². The van der Waals surface area contributed by atoms with Gasteiger partial charge in [0, 0.05) is 17.5 Å². The molecule has 3 aliphatic rings. The molecule has 0 bridgehead atoms. The van der Waals surface area contributed by atoms with Gasteiger partial charge in [-0.25, -0.2) is 19.3 Å². The van der Waals surface area contributed by atoms with E-state index in [4.69, 9.17) is 9.97 Å². The Hall–Kier alpha value is -4.13. The summed E-state index contributed by atoms with van der Waals surface area (Å²) in [5.41, 5.74) is 2.46. The molecule has 40 heavy (non-hydrogen) atoms. The van der Waals surface area contributed by atoms with Crippen molar-refractivity contribution < 1.29 is 19.4 Å². The zero-order chi connectivity index (χ0) is 27.8. The lowest BCUT2D eigenvalue weighted by atomic mass is 9.95. The Balaban J connectivity index is 1.28. The molecule has 7 rings (SSSR count). The quantitative estimate of drug-likeness (QED) is 0.334. The van der Waals surface area contributed by atoms with Gasteiger partial charge in [-0.2, -0.15) is 0 Å². The van der Waals surface area contributed by atoms with Crippen molar-refractivity contribution in [3.8, 4) is 11.8 Å². The van der Waals surface area contributed by atoms with Gasteiger partial charge in [-0.05, 0) is 67.9 Å². The second kappa shape index (κ2) is 8.95. The Morgan fingerprint density at radius 3 is 2.67 bits per heavy atom. The van der Waals surface area contributed by atoms with Crippen LogP contribution in [0, 0.1) is 35.9 Å². The zero-order valence-electron chi connectivity index (χ0n) is 22.0. The highest BCUT2D eigenvalue weighted by Gasteiger charge is 2.74. The predicted octanol–water partition coefficient (Wildman–Crippen LogP) is 3.51. The number of imidazole rings is 1. The number of halogens is 1. The SMILES string of the molecule is CC(=O)[C@@]12CC1[C@@H](n1cnc3c(NC4CC4c4ccccc4)nc(C#Cc4ccc(F)c(C)c4)nc31)[C@H](O)C2O. The molecule has 0 aliphatic heterocycles. The van der Waals surface area contributed by atoms with Gasteiger partial charge in [0.05, 0.1) is 23.9 Å². The Kier molecular flexibility index (Phi) is 5.56. The van der Waals surface area contributed by atoms with E-state index in [-0.39, 0.29) is 29.4 Å². The molecule has 0 spiro atoms. The molecular formula is C31H28FN5O3. The number of anilines is 1. The van der Waals surface area contributed by atoms with Crippen molar-refractivity contribution in [2.75, 3.05) is 5.32 Å². The van der Waals surface area contributed by atoms with Gasteiger partial charge in [-0.1, -0.05) is 36.3 Å². The molecule has 3 aliphatic carbocycles. The maximum atomic E-state index is 13.7. The second-order valence-electron chi connectivity index (χ2n) is 11.3. The van der Waals surface area contributed by atoms with Crippen molar-refractivity contribution in [2.24, 2.45) is 11.3 Å². The summed E-state index contributed by atoms with van der Waals surface area (Å²) >= 11 is 0. The molecule has 9 heteroatoms. The topological polar surface area (TPSA) is 113 Å². The van der Waals surface area contributed by atoms with Crippen molar-refractivity contribution >= 4 is 22.8 Å². The number of aliphatic hydroxyl groups excluding tert-OH is 2. The summed E-state index contributed by atoms with van der Waals surface area (Å²) in [6.45, 7) is 3.15. The molecule has 8 nitrogen and oxygen atoms in total. The average Bonchev–Trinajstić information content (AvgIpc) is 3.83. The van der Waals surface area contributed by atoms with E-state index >= 15 is 0 Å². The van der Waals surface area contributed by atoms with E-state index in [1.807, 2.05) is 18.2 Å². The maximum absolute atomic E-state index is 13.7. The van der Waals surface area contributed by atoms with E-state index in [9.17, 15) is 19.4 Å². The molecule has 2 aromatic carbocycles. The number of fused-ring (bicyclic) bond motifs is 2. The van der Waals surface area contributed by atoms with E-state index in [1.165, 1.54) is 18.6 Å². The van der Waals surface area contributed by atoms with Crippen LogP contribution in [0.25, 0.3) is 11.2 Å². The first kappa shape index (κ1) is 24.9. The number of rotatable bonds is 5. The van der Waals surface area contributed by atoms with Crippen LogP contribution >= 0.6 is 0 Å². The summed E-state index contributed by atoms with van der Waals surface area (Å²) < 4.78 is 15.5. The molecule has 4 aromatic rings. The van der Waals surface area contributed by atoms with Crippen molar-refractivity contribution in [2.45, 2.75) is 56.9 Å². The number of aromatic nitrogens is 4.